The summed E-state index contributed by atoms with van der Waals surface area (Å²) in [6.45, 7) is 3.52. The number of amides is 1. The third-order valence-corrected chi connectivity index (χ3v) is 6.30. The van der Waals surface area contributed by atoms with Crippen molar-refractivity contribution in [1.82, 2.24) is 14.7 Å². The van der Waals surface area contributed by atoms with E-state index in [4.69, 9.17) is 4.74 Å². The Balaban J connectivity index is 1.33. The van der Waals surface area contributed by atoms with Gasteiger partial charge in [0.2, 0.25) is 0 Å². The second kappa shape index (κ2) is 4.34. The topological polar surface area (TPSA) is 35.8 Å². The Morgan fingerprint density at radius 2 is 1.90 bits per heavy atom. The maximum Gasteiger partial charge on any atom is 0.410 e. The standard InChI is InChI=1S/C15H25N3O2/c1-16-5-7-18(8-6-16)14(19)20-12-9-11-3-4-15(11)13(10-12)17(15)2/h11-13H,3-10H2,1-2H3. The van der Waals surface area contributed by atoms with Crippen LogP contribution in [0.4, 0.5) is 4.79 Å². The molecule has 4 aliphatic rings. The Morgan fingerprint density at radius 3 is 2.50 bits per heavy atom. The van der Waals surface area contributed by atoms with Gasteiger partial charge in [-0.2, -0.15) is 0 Å². The number of carbonyl (C=O) groups is 1. The van der Waals surface area contributed by atoms with Gasteiger partial charge >= 0.3 is 6.09 Å². The summed E-state index contributed by atoms with van der Waals surface area (Å²) in [5.74, 6) is 0.775. The van der Waals surface area contributed by atoms with Gasteiger partial charge in [-0.05, 0) is 39.3 Å². The quantitative estimate of drug-likeness (QED) is 0.671. The number of rotatable bonds is 1. The maximum atomic E-state index is 12.3. The Bertz CT molecular complexity index is 411. The fourth-order valence-corrected chi connectivity index (χ4v) is 4.76. The summed E-state index contributed by atoms with van der Waals surface area (Å²) in [6.07, 6.45) is 4.88. The monoisotopic (exact) mass is 279 g/mol. The molecule has 2 aliphatic carbocycles. The second-order valence-electron chi connectivity index (χ2n) is 7.12. The van der Waals surface area contributed by atoms with Gasteiger partial charge in [0.05, 0.1) is 0 Å². The third-order valence-electron chi connectivity index (χ3n) is 6.30. The smallest absolute Gasteiger partial charge is 0.410 e. The van der Waals surface area contributed by atoms with Gasteiger partial charge in [-0.3, -0.25) is 4.90 Å². The van der Waals surface area contributed by atoms with Crippen molar-refractivity contribution in [3.63, 3.8) is 0 Å². The van der Waals surface area contributed by atoms with Gasteiger partial charge in [0.25, 0.3) is 0 Å². The van der Waals surface area contributed by atoms with E-state index in [-0.39, 0.29) is 12.2 Å². The number of ether oxygens (including phenoxy) is 1. The first kappa shape index (κ1) is 12.9. The summed E-state index contributed by atoms with van der Waals surface area (Å²) >= 11 is 0. The van der Waals surface area contributed by atoms with E-state index in [1.54, 1.807) is 0 Å². The maximum absolute atomic E-state index is 12.3. The van der Waals surface area contributed by atoms with Crippen molar-refractivity contribution in [1.29, 1.82) is 0 Å². The van der Waals surface area contributed by atoms with Crippen LogP contribution < -0.4 is 0 Å². The lowest BCUT2D eigenvalue weighted by Gasteiger charge is -2.43. The Kier molecular flexibility index (Phi) is 2.80. The van der Waals surface area contributed by atoms with Crippen LogP contribution in [-0.2, 0) is 4.74 Å². The molecule has 5 unspecified atom stereocenters. The minimum Gasteiger partial charge on any atom is -0.446 e. The minimum atomic E-state index is -0.0850. The molecule has 0 aromatic carbocycles. The van der Waals surface area contributed by atoms with Crippen molar-refractivity contribution in [3.05, 3.63) is 0 Å². The molecule has 4 rings (SSSR count). The summed E-state index contributed by atoms with van der Waals surface area (Å²) in [4.78, 5) is 18.9. The molecule has 1 amide bonds. The highest BCUT2D eigenvalue weighted by Crippen LogP contribution is 2.63. The highest BCUT2D eigenvalue weighted by molar-refractivity contribution is 5.68. The largest absolute Gasteiger partial charge is 0.446 e. The highest BCUT2D eigenvalue weighted by Gasteiger charge is 2.71. The van der Waals surface area contributed by atoms with Gasteiger partial charge in [0, 0.05) is 44.2 Å². The van der Waals surface area contributed by atoms with E-state index in [0.717, 1.165) is 44.9 Å². The van der Waals surface area contributed by atoms with Gasteiger partial charge in [0.1, 0.15) is 6.10 Å². The summed E-state index contributed by atoms with van der Waals surface area (Å²) < 4.78 is 5.80. The number of hydrogen-bond acceptors (Lipinski definition) is 4. The lowest BCUT2D eigenvalue weighted by molar-refractivity contribution is 0.00774. The SMILES string of the molecule is CN1CCN(C(=O)OC2CC3CCC34C(C2)N4C)CC1. The van der Waals surface area contributed by atoms with Gasteiger partial charge in [-0.1, -0.05) is 0 Å². The molecule has 2 saturated heterocycles. The van der Waals surface area contributed by atoms with Crippen LogP contribution in [0.1, 0.15) is 25.7 Å². The normalized spacial score (nSPS) is 47.0. The molecule has 5 heteroatoms. The molecule has 1 spiro atoms. The van der Waals surface area contributed by atoms with Crippen molar-refractivity contribution in [3.8, 4) is 0 Å². The molecule has 0 N–H and O–H groups in total. The van der Waals surface area contributed by atoms with Crippen LogP contribution in [0.5, 0.6) is 0 Å². The Labute approximate surface area is 120 Å². The fourth-order valence-electron chi connectivity index (χ4n) is 4.76. The van der Waals surface area contributed by atoms with E-state index in [1.165, 1.54) is 12.8 Å². The molecule has 20 heavy (non-hydrogen) atoms. The molecule has 5 nitrogen and oxygen atoms in total. The molecule has 0 aromatic rings. The molecule has 2 aliphatic heterocycles. The van der Waals surface area contributed by atoms with Crippen molar-refractivity contribution in [2.75, 3.05) is 40.3 Å². The van der Waals surface area contributed by atoms with Crippen LogP contribution in [0.25, 0.3) is 0 Å². The van der Waals surface area contributed by atoms with E-state index >= 15 is 0 Å². The van der Waals surface area contributed by atoms with E-state index in [2.05, 4.69) is 23.9 Å². The van der Waals surface area contributed by atoms with Crippen LogP contribution in [-0.4, -0.2) is 78.8 Å². The summed E-state index contributed by atoms with van der Waals surface area (Å²) in [6, 6.07) is 0.681. The lowest BCUT2D eigenvalue weighted by Crippen LogP contribution is -2.50. The van der Waals surface area contributed by atoms with Gasteiger partial charge in [-0.25, -0.2) is 4.79 Å². The zero-order valence-electron chi connectivity index (χ0n) is 12.5. The fraction of sp³-hybridized carbons (Fsp3) is 0.933. The number of hydrogen-bond donors (Lipinski definition) is 0. The molecule has 5 atom stereocenters. The van der Waals surface area contributed by atoms with Crippen molar-refractivity contribution in [2.24, 2.45) is 5.92 Å². The van der Waals surface area contributed by atoms with Gasteiger partial charge in [-0.15, -0.1) is 0 Å². The number of likely N-dealkylation sites (N-methyl/N-ethyl adjacent to an activating group) is 2. The van der Waals surface area contributed by atoms with Crippen LogP contribution in [0.15, 0.2) is 0 Å². The van der Waals surface area contributed by atoms with Crippen LogP contribution in [0.2, 0.25) is 0 Å². The second-order valence-corrected chi connectivity index (χ2v) is 7.12. The first-order chi connectivity index (χ1) is 9.61. The van der Waals surface area contributed by atoms with Gasteiger partial charge < -0.3 is 14.5 Å². The first-order valence-electron chi connectivity index (χ1n) is 7.98. The Morgan fingerprint density at radius 1 is 1.15 bits per heavy atom. The predicted octanol–water partition coefficient (Wildman–Crippen LogP) is 0.996. The van der Waals surface area contributed by atoms with E-state index in [0.29, 0.717) is 11.6 Å². The average Bonchev–Trinajstić information content (AvgIpc) is 3.02. The summed E-state index contributed by atoms with van der Waals surface area (Å²) in [5.41, 5.74) is 0.525. The number of nitrogens with zero attached hydrogens (tertiary/aromatic N) is 3. The molecule has 0 bridgehead atoms. The van der Waals surface area contributed by atoms with Crippen molar-refractivity contribution < 1.29 is 9.53 Å². The molecule has 0 radical (unpaired) electrons. The van der Waals surface area contributed by atoms with Gasteiger partial charge in [0.15, 0.2) is 0 Å². The van der Waals surface area contributed by atoms with Crippen LogP contribution in [0.3, 0.4) is 0 Å². The van der Waals surface area contributed by atoms with E-state index in [1.807, 2.05) is 4.90 Å². The number of carbonyl (C=O) groups excluding carboxylic acids is 1. The third kappa shape index (κ3) is 1.72. The minimum absolute atomic E-state index is 0.0850. The highest BCUT2D eigenvalue weighted by atomic mass is 16.6. The van der Waals surface area contributed by atoms with E-state index in [9.17, 15) is 4.79 Å². The molecule has 2 heterocycles. The molecule has 4 fully saturated rings. The zero-order chi connectivity index (χ0) is 13.9. The first-order valence-corrected chi connectivity index (χ1v) is 7.98. The number of piperazine rings is 1. The van der Waals surface area contributed by atoms with Crippen molar-refractivity contribution >= 4 is 6.09 Å². The predicted molar refractivity (Wildman–Crippen MR) is 75.6 cm³/mol. The average molecular weight is 279 g/mol. The Hall–Kier alpha value is -0.810. The lowest BCUT2D eigenvalue weighted by atomic mass is 9.64. The molecular formula is C15H25N3O2. The summed E-state index contributed by atoms with van der Waals surface area (Å²) in [7, 11) is 4.34. The van der Waals surface area contributed by atoms with Crippen molar-refractivity contribution in [2.45, 2.75) is 43.4 Å². The van der Waals surface area contributed by atoms with E-state index < -0.39 is 0 Å². The molecular weight excluding hydrogens is 254 g/mol. The van der Waals surface area contributed by atoms with Crippen LogP contribution >= 0.6 is 0 Å². The molecule has 2 saturated carbocycles. The summed E-state index contributed by atoms with van der Waals surface area (Å²) in [5, 5.41) is 0. The van der Waals surface area contributed by atoms with Crippen LogP contribution in [0, 0.1) is 5.92 Å². The number of likely N-dealkylation sites (tertiary alicyclic amines) is 1. The zero-order valence-corrected chi connectivity index (χ0v) is 12.5. The molecule has 112 valence electrons. The molecule has 0 aromatic heterocycles.